The van der Waals surface area contributed by atoms with Gasteiger partial charge in [-0.05, 0) is 55.3 Å². The highest BCUT2D eigenvalue weighted by atomic mass is 19.1. The number of anilines is 1. The summed E-state index contributed by atoms with van der Waals surface area (Å²) in [6.45, 7) is 3.79. The summed E-state index contributed by atoms with van der Waals surface area (Å²) in [5, 5.41) is 3.35. The van der Waals surface area contributed by atoms with Crippen molar-refractivity contribution < 1.29 is 13.9 Å². The van der Waals surface area contributed by atoms with Gasteiger partial charge >= 0.3 is 0 Å². The molecule has 1 N–H and O–H groups in total. The van der Waals surface area contributed by atoms with E-state index in [1.807, 2.05) is 25.1 Å². The molecular weight excluding hydrogens is 269 g/mol. The van der Waals surface area contributed by atoms with Gasteiger partial charge in [0.2, 0.25) is 0 Å². The van der Waals surface area contributed by atoms with Gasteiger partial charge < -0.3 is 14.8 Å². The zero-order valence-corrected chi connectivity index (χ0v) is 12.7. The zero-order valence-electron chi connectivity index (χ0n) is 12.7. The fourth-order valence-electron chi connectivity index (χ4n) is 2.19. The van der Waals surface area contributed by atoms with E-state index in [-0.39, 0.29) is 11.9 Å². The number of halogens is 1. The molecule has 0 aromatic heterocycles. The first kappa shape index (κ1) is 15.2. The van der Waals surface area contributed by atoms with E-state index in [2.05, 4.69) is 5.32 Å². The van der Waals surface area contributed by atoms with E-state index in [1.54, 1.807) is 33.3 Å². The predicted molar refractivity (Wildman–Crippen MR) is 82.7 cm³/mol. The quantitative estimate of drug-likeness (QED) is 0.889. The molecule has 0 aliphatic heterocycles. The number of methoxy groups -OCH3 is 2. The summed E-state index contributed by atoms with van der Waals surface area (Å²) >= 11 is 0. The highest BCUT2D eigenvalue weighted by Crippen LogP contribution is 2.31. The van der Waals surface area contributed by atoms with E-state index in [1.165, 1.54) is 6.07 Å². The fourth-order valence-corrected chi connectivity index (χ4v) is 2.19. The van der Waals surface area contributed by atoms with Crippen molar-refractivity contribution in [2.45, 2.75) is 19.9 Å². The molecule has 2 rings (SSSR count). The molecule has 112 valence electrons. The molecule has 2 aromatic rings. The van der Waals surface area contributed by atoms with Gasteiger partial charge in [-0.15, -0.1) is 0 Å². The van der Waals surface area contributed by atoms with Crippen LogP contribution < -0.4 is 14.8 Å². The van der Waals surface area contributed by atoms with Gasteiger partial charge in [0.1, 0.15) is 5.82 Å². The van der Waals surface area contributed by atoms with E-state index < -0.39 is 0 Å². The lowest BCUT2D eigenvalue weighted by molar-refractivity contribution is 0.354. The summed E-state index contributed by atoms with van der Waals surface area (Å²) in [4.78, 5) is 0. The van der Waals surface area contributed by atoms with Crippen molar-refractivity contribution >= 4 is 5.69 Å². The van der Waals surface area contributed by atoms with Crippen LogP contribution >= 0.6 is 0 Å². The molecule has 4 heteroatoms. The smallest absolute Gasteiger partial charge is 0.161 e. The molecular formula is C17H20FNO2. The molecule has 0 spiro atoms. The van der Waals surface area contributed by atoms with Crippen LogP contribution in [-0.4, -0.2) is 14.2 Å². The summed E-state index contributed by atoms with van der Waals surface area (Å²) in [6.07, 6.45) is 0. The molecule has 3 nitrogen and oxygen atoms in total. The molecule has 0 fully saturated rings. The molecule has 0 amide bonds. The Labute approximate surface area is 124 Å². The topological polar surface area (TPSA) is 30.5 Å². The summed E-state index contributed by atoms with van der Waals surface area (Å²) in [5.41, 5.74) is 2.57. The van der Waals surface area contributed by atoms with Crippen LogP contribution in [0.2, 0.25) is 0 Å². The Bertz CT molecular complexity index is 628. The number of ether oxygens (including phenoxy) is 2. The average molecular weight is 289 g/mol. The Kier molecular flexibility index (Phi) is 4.68. The van der Waals surface area contributed by atoms with Crippen LogP contribution in [0.15, 0.2) is 36.4 Å². The molecule has 2 aromatic carbocycles. The minimum atomic E-state index is -0.195. The lowest BCUT2D eigenvalue weighted by Gasteiger charge is -2.18. The van der Waals surface area contributed by atoms with E-state index >= 15 is 0 Å². The van der Waals surface area contributed by atoms with E-state index in [9.17, 15) is 4.39 Å². The molecule has 21 heavy (non-hydrogen) atoms. The molecule has 1 unspecified atom stereocenters. The van der Waals surface area contributed by atoms with Crippen LogP contribution in [0.1, 0.15) is 24.1 Å². The number of nitrogens with one attached hydrogen (secondary N) is 1. The maximum atomic E-state index is 13.3. The van der Waals surface area contributed by atoms with Crippen LogP contribution in [-0.2, 0) is 0 Å². The van der Waals surface area contributed by atoms with Crippen LogP contribution in [0, 0.1) is 12.7 Å². The fraction of sp³-hybridized carbons (Fsp3) is 0.294. The van der Waals surface area contributed by atoms with Crippen LogP contribution in [0.4, 0.5) is 10.1 Å². The lowest BCUT2D eigenvalue weighted by Crippen LogP contribution is -2.07. The molecule has 0 heterocycles. The third-order valence-electron chi connectivity index (χ3n) is 3.45. The van der Waals surface area contributed by atoms with E-state index in [0.29, 0.717) is 17.1 Å². The molecule has 0 saturated heterocycles. The number of aryl methyl sites for hydroxylation is 1. The largest absolute Gasteiger partial charge is 0.493 e. The van der Waals surface area contributed by atoms with Gasteiger partial charge in [-0.25, -0.2) is 4.39 Å². The van der Waals surface area contributed by atoms with Crippen molar-refractivity contribution in [2.75, 3.05) is 19.5 Å². The van der Waals surface area contributed by atoms with Gasteiger partial charge in [-0.3, -0.25) is 0 Å². The van der Waals surface area contributed by atoms with Crippen molar-refractivity contribution in [1.29, 1.82) is 0 Å². The Hall–Kier alpha value is -2.23. The second kappa shape index (κ2) is 6.48. The second-order valence-electron chi connectivity index (χ2n) is 4.94. The average Bonchev–Trinajstić information content (AvgIpc) is 2.50. The van der Waals surface area contributed by atoms with Gasteiger partial charge in [0.25, 0.3) is 0 Å². The molecule has 0 saturated carbocycles. The monoisotopic (exact) mass is 289 g/mol. The Balaban J connectivity index is 2.19. The predicted octanol–water partition coefficient (Wildman–Crippen LogP) is 4.32. The lowest BCUT2D eigenvalue weighted by atomic mass is 10.1. The van der Waals surface area contributed by atoms with Crippen LogP contribution in [0.5, 0.6) is 11.5 Å². The van der Waals surface area contributed by atoms with Gasteiger partial charge in [0.05, 0.1) is 14.2 Å². The number of hydrogen-bond donors (Lipinski definition) is 1. The molecule has 0 aliphatic carbocycles. The van der Waals surface area contributed by atoms with Crippen molar-refractivity contribution in [2.24, 2.45) is 0 Å². The molecule has 1 atom stereocenters. The van der Waals surface area contributed by atoms with E-state index in [0.717, 1.165) is 11.3 Å². The van der Waals surface area contributed by atoms with Gasteiger partial charge in [0.15, 0.2) is 11.5 Å². The second-order valence-corrected chi connectivity index (χ2v) is 4.94. The minimum absolute atomic E-state index is 0.0645. The first-order valence-electron chi connectivity index (χ1n) is 6.79. The summed E-state index contributed by atoms with van der Waals surface area (Å²) in [5.74, 6) is 1.20. The number of rotatable bonds is 5. The first-order valence-corrected chi connectivity index (χ1v) is 6.79. The number of benzene rings is 2. The van der Waals surface area contributed by atoms with Crippen molar-refractivity contribution in [3.63, 3.8) is 0 Å². The summed E-state index contributed by atoms with van der Waals surface area (Å²) in [7, 11) is 3.23. The summed E-state index contributed by atoms with van der Waals surface area (Å²) < 4.78 is 23.8. The van der Waals surface area contributed by atoms with Crippen LogP contribution in [0.25, 0.3) is 0 Å². The maximum absolute atomic E-state index is 13.3. The standard InChI is InChI=1S/C17H20FNO2/c1-11-9-14(6-7-15(11)18)19-12(2)13-5-8-16(20-3)17(10-13)21-4/h5-10,12,19H,1-4H3. The van der Waals surface area contributed by atoms with Gasteiger partial charge in [-0.2, -0.15) is 0 Å². The Morgan fingerprint density at radius 2 is 1.71 bits per heavy atom. The number of hydrogen-bond acceptors (Lipinski definition) is 3. The minimum Gasteiger partial charge on any atom is -0.493 e. The Morgan fingerprint density at radius 3 is 2.33 bits per heavy atom. The zero-order chi connectivity index (χ0) is 15.4. The third kappa shape index (κ3) is 3.45. The third-order valence-corrected chi connectivity index (χ3v) is 3.45. The highest BCUT2D eigenvalue weighted by Gasteiger charge is 2.10. The first-order chi connectivity index (χ1) is 10.0. The summed E-state index contributed by atoms with van der Waals surface area (Å²) in [6, 6.07) is 10.9. The maximum Gasteiger partial charge on any atom is 0.161 e. The normalized spacial score (nSPS) is 11.9. The van der Waals surface area contributed by atoms with Crippen molar-refractivity contribution in [3.05, 3.63) is 53.3 Å². The molecule has 0 bridgehead atoms. The van der Waals surface area contributed by atoms with Gasteiger partial charge in [-0.1, -0.05) is 6.07 Å². The molecule has 0 radical (unpaired) electrons. The van der Waals surface area contributed by atoms with Crippen molar-refractivity contribution in [3.8, 4) is 11.5 Å². The van der Waals surface area contributed by atoms with Gasteiger partial charge in [0, 0.05) is 11.7 Å². The molecule has 0 aliphatic rings. The van der Waals surface area contributed by atoms with E-state index in [4.69, 9.17) is 9.47 Å². The SMILES string of the molecule is COc1ccc(C(C)Nc2ccc(F)c(C)c2)cc1OC. The van der Waals surface area contributed by atoms with Crippen molar-refractivity contribution in [1.82, 2.24) is 0 Å². The van der Waals surface area contributed by atoms with Crippen LogP contribution in [0.3, 0.4) is 0 Å². The Morgan fingerprint density at radius 1 is 1.00 bits per heavy atom. The highest BCUT2D eigenvalue weighted by molar-refractivity contribution is 5.50.